The molecular formula is C11H19NO3. The number of aliphatic hydroxyl groups excluding tert-OH is 1. The van der Waals surface area contributed by atoms with Crippen LogP contribution >= 0.6 is 0 Å². The van der Waals surface area contributed by atoms with E-state index in [2.05, 4.69) is 4.90 Å². The summed E-state index contributed by atoms with van der Waals surface area (Å²) in [6.07, 6.45) is 4.34. The highest BCUT2D eigenvalue weighted by Gasteiger charge is 2.17. The van der Waals surface area contributed by atoms with Gasteiger partial charge in [-0.25, -0.2) is 4.79 Å². The number of aliphatic hydroxyl groups is 1. The largest absolute Gasteiger partial charge is 0.463 e. The Kier molecular flexibility index (Phi) is 5.18. The average molecular weight is 213 g/mol. The lowest BCUT2D eigenvalue weighted by Gasteiger charge is -2.18. The van der Waals surface area contributed by atoms with Gasteiger partial charge in [0.2, 0.25) is 0 Å². The molecule has 0 unspecified atom stereocenters. The Labute approximate surface area is 90.5 Å². The quantitative estimate of drug-likeness (QED) is 0.545. The van der Waals surface area contributed by atoms with E-state index in [1.807, 2.05) is 0 Å². The second kappa shape index (κ2) is 6.45. The summed E-state index contributed by atoms with van der Waals surface area (Å²) in [7, 11) is 0. The highest BCUT2D eigenvalue weighted by molar-refractivity contribution is 5.82. The number of esters is 1. The van der Waals surface area contributed by atoms with Crippen molar-refractivity contribution in [3.05, 3.63) is 11.8 Å². The zero-order valence-corrected chi connectivity index (χ0v) is 9.24. The van der Waals surface area contributed by atoms with Crippen LogP contribution in [0.15, 0.2) is 11.8 Å². The van der Waals surface area contributed by atoms with Gasteiger partial charge in [-0.2, -0.15) is 0 Å². The van der Waals surface area contributed by atoms with E-state index in [-0.39, 0.29) is 12.6 Å². The Morgan fingerprint density at radius 2 is 2.47 bits per heavy atom. The summed E-state index contributed by atoms with van der Waals surface area (Å²) >= 11 is 0. The fourth-order valence-electron chi connectivity index (χ4n) is 1.75. The van der Waals surface area contributed by atoms with E-state index in [1.165, 1.54) is 0 Å². The maximum atomic E-state index is 11.2. The van der Waals surface area contributed by atoms with E-state index in [9.17, 15) is 4.79 Å². The topological polar surface area (TPSA) is 49.8 Å². The van der Waals surface area contributed by atoms with Crippen molar-refractivity contribution in [3.63, 3.8) is 0 Å². The molecule has 0 aromatic heterocycles. The minimum absolute atomic E-state index is 0.198. The normalized spacial score (nSPS) is 18.5. The molecule has 1 heterocycles. The number of likely N-dealkylation sites (tertiary alicyclic amines) is 1. The molecule has 1 aliphatic rings. The molecule has 1 N–H and O–H groups in total. The van der Waals surface area contributed by atoms with E-state index in [0.29, 0.717) is 6.61 Å². The predicted octanol–water partition coefficient (Wildman–Crippen LogP) is 0.912. The molecule has 0 amide bonds. The Morgan fingerprint density at radius 1 is 1.67 bits per heavy atom. The number of carbonyl (C=O) groups is 1. The van der Waals surface area contributed by atoms with Gasteiger partial charge < -0.3 is 14.7 Å². The molecule has 0 aromatic rings. The molecule has 4 nitrogen and oxygen atoms in total. The van der Waals surface area contributed by atoms with E-state index >= 15 is 0 Å². The summed E-state index contributed by atoms with van der Waals surface area (Å²) in [5.41, 5.74) is 1.04. The molecule has 0 spiro atoms. The highest BCUT2D eigenvalue weighted by atomic mass is 16.5. The Balaban J connectivity index is 2.47. The first-order valence-corrected chi connectivity index (χ1v) is 5.51. The first-order chi connectivity index (χ1) is 7.27. The molecule has 0 saturated carbocycles. The van der Waals surface area contributed by atoms with Gasteiger partial charge in [0, 0.05) is 31.5 Å². The number of hydrogen-bond acceptors (Lipinski definition) is 4. The molecule has 0 aliphatic carbocycles. The number of ether oxygens (including phenoxy) is 1. The molecule has 86 valence electrons. The smallest absolute Gasteiger partial charge is 0.332 e. The van der Waals surface area contributed by atoms with Gasteiger partial charge in [0.15, 0.2) is 0 Å². The zero-order valence-electron chi connectivity index (χ0n) is 9.24. The molecule has 0 bridgehead atoms. The van der Waals surface area contributed by atoms with Crippen molar-refractivity contribution in [2.45, 2.75) is 26.2 Å². The van der Waals surface area contributed by atoms with Gasteiger partial charge in [0.1, 0.15) is 0 Å². The van der Waals surface area contributed by atoms with Crippen molar-refractivity contribution >= 4 is 5.97 Å². The molecule has 1 saturated heterocycles. The minimum atomic E-state index is -0.261. The van der Waals surface area contributed by atoms with Gasteiger partial charge in [-0.15, -0.1) is 0 Å². The summed E-state index contributed by atoms with van der Waals surface area (Å²) in [6.45, 7) is 4.21. The predicted molar refractivity (Wildman–Crippen MR) is 57.2 cm³/mol. The van der Waals surface area contributed by atoms with Gasteiger partial charge in [-0.3, -0.25) is 0 Å². The minimum Gasteiger partial charge on any atom is -0.463 e. The van der Waals surface area contributed by atoms with Gasteiger partial charge >= 0.3 is 5.97 Å². The van der Waals surface area contributed by atoms with Crippen LogP contribution in [0.4, 0.5) is 0 Å². The van der Waals surface area contributed by atoms with Crippen molar-refractivity contribution in [2.75, 3.05) is 26.3 Å². The van der Waals surface area contributed by atoms with E-state index in [4.69, 9.17) is 9.84 Å². The molecule has 0 radical (unpaired) electrons. The van der Waals surface area contributed by atoms with Crippen molar-refractivity contribution < 1.29 is 14.6 Å². The molecule has 1 rings (SSSR count). The van der Waals surface area contributed by atoms with Crippen molar-refractivity contribution in [2.24, 2.45) is 0 Å². The van der Waals surface area contributed by atoms with Crippen molar-refractivity contribution in [1.82, 2.24) is 4.90 Å². The SMILES string of the molecule is CCOC(=O)C=C1CCCN1CCCO. The monoisotopic (exact) mass is 213 g/mol. The molecule has 1 fully saturated rings. The molecule has 4 heteroatoms. The Hall–Kier alpha value is -1.03. The van der Waals surface area contributed by atoms with Crippen LogP contribution in [0.25, 0.3) is 0 Å². The van der Waals surface area contributed by atoms with Crippen LogP contribution in [0, 0.1) is 0 Å². The van der Waals surface area contributed by atoms with Crippen LogP contribution in [0.3, 0.4) is 0 Å². The van der Waals surface area contributed by atoms with Crippen LogP contribution in [0.1, 0.15) is 26.2 Å². The number of nitrogens with zero attached hydrogens (tertiary/aromatic N) is 1. The van der Waals surface area contributed by atoms with Crippen LogP contribution in [0.5, 0.6) is 0 Å². The summed E-state index contributed by atoms with van der Waals surface area (Å²) in [5.74, 6) is -0.261. The van der Waals surface area contributed by atoms with Crippen LogP contribution < -0.4 is 0 Å². The average Bonchev–Trinajstić information content (AvgIpc) is 2.63. The first-order valence-electron chi connectivity index (χ1n) is 5.51. The lowest BCUT2D eigenvalue weighted by Crippen LogP contribution is -2.20. The van der Waals surface area contributed by atoms with Crippen LogP contribution in [0.2, 0.25) is 0 Å². The first kappa shape index (κ1) is 12.0. The fourth-order valence-corrected chi connectivity index (χ4v) is 1.75. The maximum Gasteiger partial charge on any atom is 0.332 e. The third-order valence-electron chi connectivity index (χ3n) is 2.42. The third-order valence-corrected chi connectivity index (χ3v) is 2.42. The molecule has 0 atom stereocenters. The van der Waals surface area contributed by atoms with E-state index in [1.54, 1.807) is 13.0 Å². The van der Waals surface area contributed by atoms with E-state index in [0.717, 1.165) is 38.0 Å². The van der Waals surface area contributed by atoms with Crippen LogP contribution in [-0.2, 0) is 9.53 Å². The lowest BCUT2D eigenvalue weighted by molar-refractivity contribution is -0.137. The number of rotatable bonds is 5. The number of allylic oxidation sites excluding steroid dienone is 1. The summed E-state index contributed by atoms with van der Waals surface area (Å²) in [5, 5.41) is 8.74. The fraction of sp³-hybridized carbons (Fsp3) is 0.727. The van der Waals surface area contributed by atoms with Crippen LogP contribution in [-0.4, -0.2) is 42.3 Å². The summed E-state index contributed by atoms with van der Waals surface area (Å²) in [4.78, 5) is 13.4. The van der Waals surface area contributed by atoms with Crippen molar-refractivity contribution in [1.29, 1.82) is 0 Å². The number of hydrogen-bond donors (Lipinski definition) is 1. The van der Waals surface area contributed by atoms with Gasteiger partial charge in [0.05, 0.1) is 6.61 Å². The second-order valence-corrected chi connectivity index (χ2v) is 3.56. The molecule has 1 aliphatic heterocycles. The lowest BCUT2D eigenvalue weighted by atomic mass is 10.3. The number of carbonyl (C=O) groups excluding carboxylic acids is 1. The van der Waals surface area contributed by atoms with Gasteiger partial charge in [-0.05, 0) is 26.2 Å². The second-order valence-electron chi connectivity index (χ2n) is 3.56. The molecule has 15 heavy (non-hydrogen) atoms. The zero-order chi connectivity index (χ0) is 11.1. The third kappa shape index (κ3) is 3.91. The molecule has 0 aromatic carbocycles. The Bertz CT molecular complexity index is 238. The summed E-state index contributed by atoms with van der Waals surface area (Å²) < 4.78 is 4.87. The standard InChI is InChI=1S/C11H19NO3/c1-2-15-11(14)9-10-5-3-6-12(10)7-4-8-13/h9,13H,2-8H2,1H3. The highest BCUT2D eigenvalue weighted by Crippen LogP contribution is 2.20. The van der Waals surface area contributed by atoms with Crippen molar-refractivity contribution in [3.8, 4) is 0 Å². The van der Waals surface area contributed by atoms with E-state index < -0.39 is 0 Å². The Morgan fingerprint density at radius 3 is 3.13 bits per heavy atom. The van der Waals surface area contributed by atoms with Gasteiger partial charge in [-0.1, -0.05) is 0 Å². The summed E-state index contributed by atoms with van der Waals surface area (Å²) in [6, 6.07) is 0. The molecular weight excluding hydrogens is 194 g/mol. The van der Waals surface area contributed by atoms with Gasteiger partial charge in [0.25, 0.3) is 0 Å². The maximum absolute atomic E-state index is 11.2.